The monoisotopic (exact) mass is 364 g/mol. The second-order valence-electron chi connectivity index (χ2n) is 6.32. The van der Waals surface area contributed by atoms with Gasteiger partial charge in [0.1, 0.15) is 35.4 Å². The maximum absolute atomic E-state index is 12.5. The first-order valence-electron chi connectivity index (χ1n) is 8.49. The van der Waals surface area contributed by atoms with Crippen molar-refractivity contribution in [3.8, 4) is 11.5 Å². The Kier molecular flexibility index (Phi) is 6.76. The van der Waals surface area contributed by atoms with Crippen molar-refractivity contribution in [2.45, 2.75) is 50.9 Å². The molecule has 3 atom stereocenters. The van der Waals surface area contributed by atoms with Gasteiger partial charge in [0.15, 0.2) is 5.78 Å². The predicted octanol–water partition coefficient (Wildman–Crippen LogP) is 1.52. The quantitative estimate of drug-likeness (QED) is 0.511. The lowest BCUT2D eigenvalue weighted by atomic mass is 9.97. The zero-order valence-electron chi connectivity index (χ0n) is 14.8. The Morgan fingerprint density at radius 3 is 2.62 bits per heavy atom. The van der Waals surface area contributed by atoms with Crippen LogP contribution in [0.25, 0.3) is 0 Å². The summed E-state index contributed by atoms with van der Waals surface area (Å²) in [4.78, 5) is 24.5. The normalized spacial score (nSPS) is 25.2. The summed E-state index contributed by atoms with van der Waals surface area (Å²) in [6.45, 7) is 1.67. The van der Waals surface area contributed by atoms with E-state index in [0.717, 1.165) is 0 Å². The van der Waals surface area contributed by atoms with E-state index in [1.807, 2.05) is 0 Å². The predicted molar refractivity (Wildman–Crippen MR) is 93.3 cm³/mol. The third-order valence-corrected chi connectivity index (χ3v) is 4.24. The van der Waals surface area contributed by atoms with E-state index in [0.29, 0.717) is 24.2 Å². The highest BCUT2D eigenvalue weighted by Crippen LogP contribution is 2.30. The van der Waals surface area contributed by atoms with Gasteiger partial charge in [-0.2, -0.15) is 0 Å². The molecule has 0 radical (unpaired) electrons. The number of esters is 1. The van der Waals surface area contributed by atoms with Crippen molar-refractivity contribution < 1.29 is 34.4 Å². The number of aliphatic hydroxyl groups excluding tert-OH is 2. The lowest BCUT2D eigenvalue weighted by Crippen LogP contribution is -2.32. The number of phenolic OH excluding ortho intramolecular Hbond substituents is 1. The summed E-state index contributed by atoms with van der Waals surface area (Å²) in [7, 11) is 1.44. The molecule has 1 aliphatic rings. The Morgan fingerprint density at radius 2 is 1.92 bits per heavy atom. The number of fused-ring (bicyclic) bond motifs is 1. The Bertz CT molecular complexity index is 695. The van der Waals surface area contributed by atoms with Crippen LogP contribution in [-0.4, -0.2) is 52.5 Å². The number of carbonyl (C=O) groups is 2. The van der Waals surface area contributed by atoms with E-state index in [1.165, 1.54) is 19.3 Å². The van der Waals surface area contributed by atoms with Gasteiger partial charge in [-0.25, -0.2) is 4.79 Å². The molecule has 0 spiro atoms. The van der Waals surface area contributed by atoms with Crippen molar-refractivity contribution >= 4 is 11.8 Å². The number of aryl methyl sites for hydroxylation is 1. The van der Waals surface area contributed by atoms with Gasteiger partial charge in [0.2, 0.25) is 0 Å². The highest BCUT2D eigenvalue weighted by atomic mass is 16.5. The molecular weight excluding hydrogens is 340 g/mol. The molecule has 0 aliphatic carbocycles. The molecule has 0 bridgehead atoms. The number of hydrogen-bond donors (Lipinski definition) is 3. The minimum Gasteiger partial charge on any atom is -0.507 e. The summed E-state index contributed by atoms with van der Waals surface area (Å²) in [5.74, 6) is -1.01. The van der Waals surface area contributed by atoms with Crippen LogP contribution in [0.1, 0.15) is 42.1 Å². The molecule has 1 aromatic carbocycles. The fourth-order valence-corrected chi connectivity index (χ4v) is 2.80. The Labute approximate surface area is 151 Å². The maximum Gasteiger partial charge on any atom is 0.342 e. The Hall–Kier alpha value is -2.38. The zero-order valence-corrected chi connectivity index (χ0v) is 14.8. The van der Waals surface area contributed by atoms with E-state index >= 15 is 0 Å². The van der Waals surface area contributed by atoms with E-state index in [4.69, 9.17) is 9.47 Å². The van der Waals surface area contributed by atoms with E-state index < -0.39 is 30.1 Å². The molecule has 7 heteroatoms. The van der Waals surface area contributed by atoms with Gasteiger partial charge in [0, 0.05) is 18.9 Å². The van der Waals surface area contributed by atoms with Crippen LogP contribution in [0.2, 0.25) is 0 Å². The molecule has 0 amide bonds. The van der Waals surface area contributed by atoms with E-state index in [2.05, 4.69) is 0 Å². The third-order valence-electron chi connectivity index (χ3n) is 4.24. The first-order valence-corrected chi connectivity index (χ1v) is 8.49. The van der Waals surface area contributed by atoms with E-state index in [-0.39, 0.29) is 24.2 Å². The fourth-order valence-electron chi connectivity index (χ4n) is 2.80. The smallest absolute Gasteiger partial charge is 0.342 e. The van der Waals surface area contributed by atoms with Crippen molar-refractivity contribution in [2.24, 2.45) is 0 Å². The molecule has 1 aromatic rings. The SMILES string of the molecule is COc1cc(O)c2c(c1)CCCC(=O)[C@H](O)C(O)C=CC[C@H](C)OC2=O. The third kappa shape index (κ3) is 4.83. The molecule has 1 unspecified atom stereocenters. The average Bonchev–Trinajstić information content (AvgIpc) is 2.59. The van der Waals surface area contributed by atoms with Gasteiger partial charge in [-0.3, -0.25) is 4.79 Å². The number of rotatable bonds is 1. The molecular formula is C19H24O7. The van der Waals surface area contributed by atoms with E-state index in [9.17, 15) is 24.9 Å². The molecule has 26 heavy (non-hydrogen) atoms. The standard InChI is InChI=1S/C19H24O7/c1-11-5-3-7-14(20)18(23)15(21)8-4-6-12-9-13(25-2)10-16(22)17(12)19(24)26-11/h3,7,9-11,14,18,20,22-23H,4-6,8H2,1-2H3/t11-,14?,18+/m0/s1. The number of methoxy groups -OCH3 is 1. The van der Waals surface area contributed by atoms with Gasteiger partial charge >= 0.3 is 5.97 Å². The van der Waals surface area contributed by atoms with Gasteiger partial charge < -0.3 is 24.8 Å². The second-order valence-corrected chi connectivity index (χ2v) is 6.32. The molecule has 2 rings (SSSR count). The average molecular weight is 364 g/mol. The number of ketones is 1. The topological polar surface area (TPSA) is 113 Å². The van der Waals surface area contributed by atoms with E-state index in [1.54, 1.807) is 19.1 Å². The first kappa shape index (κ1) is 19.9. The van der Waals surface area contributed by atoms with Crippen molar-refractivity contribution in [1.82, 2.24) is 0 Å². The van der Waals surface area contributed by atoms with Crippen LogP contribution in [-0.2, 0) is 16.0 Å². The summed E-state index contributed by atoms with van der Waals surface area (Å²) in [6, 6.07) is 2.95. The number of Topliss-reactive ketones (excluding diaryl/α,β-unsaturated/α-hetero) is 1. The van der Waals surface area contributed by atoms with Crippen LogP contribution in [0.4, 0.5) is 0 Å². The number of aliphatic hydroxyl groups is 2. The molecule has 0 saturated heterocycles. The summed E-state index contributed by atoms with van der Waals surface area (Å²) in [6.07, 6.45) is 0.480. The number of hydrogen-bond acceptors (Lipinski definition) is 7. The Morgan fingerprint density at radius 1 is 1.19 bits per heavy atom. The highest BCUT2D eigenvalue weighted by molar-refractivity contribution is 5.94. The number of carbonyl (C=O) groups excluding carboxylic acids is 2. The molecule has 0 fully saturated rings. The van der Waals surface area contributed by atoms with Crippen molar-refractivity contribution in [3.05, 3.63) is 35.4 Å². The molecule has 0 aromatic heterocycles. The fraction of sp³-hybridized carbons (Fsp3) is 0.474. The number of phenols is 1. The van der Waals surface area contributed by atoms with Gasteiger partial charge in [0.05, 0.1) is 7.11 Å². The van der Waals surface area contributed by atoms with Gasteiger partial charge in [-0.1, -0.05) is 12.2 Å². The van der Waals surface area contributed by atoms with Gasteiger partial charge in [0.25, 0.3) is 0 Å². The Balaban J connectivity index is 2.36. The summed E-state index contributed by atoms with van der Waals surface area (Å²) < 4.78 is 10.5. The molecule has 3 N–H and O–H groups in total. The number of benzene rings is 1. The van der Waals surface area contributed by atoms with Crippen LogP contribution in [0.15, 0.2) is 24.3 Å². The van der Waals surface area contributed by atoms with Crippen LogP contribution in [0.5, 0.6) is 11.5 Å². The first-order chi connectivity index (χ1) is 12.3. The highest BCUT2D eigenvalue weighted by Gasteiger charge is 2.24. The number of ether oxygens (including phenoxy) is 2. The minimum absolute atomic E-state index is 0.0227. The van der Waals surface area contributed by atoms with Crippen LogP contribution in [0.3, 0.4) is 0 Å². The minimum atomic E-state index is -1.50. The van der Waals surface area contributed by atoms with Gasteiger partial charge in [-0.05, 0) is 31.4 Å². The number of cyclic esters (lactones) is 1. The molecule has 1 aliphatic heterocycles. The van der Waals surface area contributed by atoms with Crippen LogP contribution in [0, 0.1) is 0 Å². The van der Waals surface area contributed by atoms with Gasteiger partial charge in [-0.15, -0.1) is 0 Å². The van der Waals surface area contributed by atoms with Crippen LogP contribution < -0.4 is 4.74 Å². The molecule has 7 nitrogen and oxygen atoms in total. The lowest BCUT2D eigenvalue weighted by molar-refractivity contribution is -0.131. The van der Waals surface area contributed by atoms with Crippen molar-refractivity contribution in [2.75, 3.05) is 7.11 Å². The molecule has 142 valence electrons. The zero-order chi connectivity index (χ0) is 19.3. The van der Waals surface area contributed by atoms with Crippen LogP contribution >= 0.6 is 0 Å². The summed E-state index contributed by atoms with van der Waals surface area (Å²) in [5, 5.41) is 30.0. The molecule has 1 heterocycles. The second kappa shape index (κ2) is 8.82. The largest absolute Gasteiger partial charge is 0.507 e. The maximum atomic E-state index is 12.5. The summed E-state index contributed by atoms with van der Waals surface area (Å²) in [5.41, 5.74) is 0.543. The van der Waals surface area contributed by atoms with Crippen molar-refractivity contribution in [3.63, 3.8) is 0 Å². The summed E-state index contributed by atoms with van der Waals surface area (Å²) >= 11 is 0. The van der Waals surface area contributed by atoms with Crippen molar-refractivity contribution in [1.29, 1.82) is 0 Å². The number of aromatic hydroxyl groups is 1. The molecule has 0 saturated carbocycles. The lowest BCUT2D eigenvalue weighted by Gasteiger charge is -2.18.